The number of carbonyl (C=O) groups is 2. The Balaban J connectivity index is 2.20. The number of aromatic nitrogens is 1. The van der Waals surface area contributed by atoms with Crippen molar-refractivity contribution in [3.05, 3.63) is 41.8 Å². The molecule has 0 saturated heterocycles. The molecule has 0 atom stereocenters. The standard InChI is InChI=1S/C16H18N2O4/c1-3-18(9-8-15(19)20)16(21)12-6-7-13(17-11(12)2)14-5-4-10-22-14/h4-7,10H,3,8-9H2,1-2H3,(H,19,20). The molecule has 0 aliphatic heterocycles. The minimum atomic E-state index is -0.922. The zero-order valence-electron chi connectivity index (χ0n) is 12.6. The van der Waals surface area contributed by atoms with Crippen LogP contribution >= 0.6 is 0 Å². The molecular weight excluding hydrogens is 284 g/mol. The Bertz CT molecular complexity index is 665. The van der Waals surface area contributed by atoms with Gasteiger partial charge in [0.15, 0.2) is 5.76 Å². The summed E-state index contributed by atoms with van der Waals surface area (Å²) in [5, 5.41) is 8.75. The molecule has 2 heterocycles. The molecule has 2 aromatic rings. The van der Waals surface area contributed by atoms with Crippen LogP contribution < -0.4 is 0 Å². The number of furan rings is 1. The van der Waals surface area contributed by atoms with Crippen molar-refractivity contribution in [2.45, 2.75) is 20.3 Å². The molecular formula is C16H18N2O4. The highest BCUT2D eigenvalue weighted by Crippen LogP contribution is 2.20. The van der Waals surface area contributed by atoms with Crippen molar-refractivity contribution >= 4 is 11.9 Å². The molecule has 0 aromatic carbocycles. The SMILES string of the molecule is CCN(CCC(=O)O)C(=O)c1ccc(-c2ccco2)nc1C. The van der Waals surface area contributed by atoms with Gasteiger partial charge in [-0.25, -0.2) is 4.98 Å². The lowest BCUT2D eigenvalue weighted by molar-refractivity contribution is -0.137. The van der Waals surface area contributed by atoms with Crippen LogP contribution in [0.3, 0.4) is 0 Å². The van der Waals surface area contributed by atoms with E-state index in [1.165, 1.54) is 4.90 Å². The number of rotatable bonds is 6. The number of hydrogen-bond donors (Lipinski definition) is 1. The Morgan fingerprint density at radius 3 is 2.64 bits per heavy atom. The molecule has 0 spiro atoms. The molecule has 116 valence electrons. The molecule has 0 bridgehead atoms. The Labute approximate surface area is 128 Å². The number of pyridine rings is 1. The highest BCUT2D eigenvalue weighted by atomic mass is 16.4. The molecule has 1 N–H and O–H groups in total. The number of aryl methyl sites for hydroxylation is 1. The van der Waals surface area contributed by atoms with Crippen LogP contribution in [0.25, 0.3) is 11.5 Å². The zero-order chi connectivity index (χ0) is 16.1. The summed E-state index contributed by atoms with van der Waals surface area (Å²) in [7, 11) is 0. The van der Waals surface area contributed by atoms with E-state index in [-0.39, 0.29) is 18.9 Å². The number of amides is 1. The number of aliphatic carboxylic acids is 1. The first-order valence-corrected chi connectivity index (χ1v) is 7.05. The molecule has 22 heavy (non-hydrogen) atoms. The summed E-state index contributed by atoms with van der Waals surface area (Å²) in [5.41, 5.74) is 1.72. The summed E-state index contributed by atoms with van der Waals surface area (Å²) in [4.78, 5) is 29.0. The lowest BCUT2D eigenvalue weighted by Crippen LogP contribution is -2.33. The van der Waals surface area contributed by atoms with Gasteiger partial charge in [-0.2, -0.15) is 0 Å². The van der Waals surface area contributed by atoms with Crippen LogP contribution in [-0.4, -0.2) is 40.0 Å². The number of carboxylic acids is 1. The van der Waals surface area contributed by atoms with Crippen molar-refractivity contribution in [2.75, 3.05) is 13.1 Å². The van der Waals surface area contributed by atoms with Crippen LogP contribution in [0, 0.1) is 6.92 Å². The van der Waals surface area contributed by atoms with Gasteiger partial charge in [0, 0.05) is 13.1 Å². The minimum Gasteiger partial charge on any atom is -0.481 e. The van der Waals surface area contributed by atoms with Crippen LogP contribution in [-0.2, 0) is 4.79 Å². The van der Waals surface area contributed by atoms with Crippen LogP contribution in [0.1, 0.15) is 29.4 Å². The van der Waals surface area contributed by atoms with Crippen molar-refractivity contribution in [3.8, 4) is 11.5 Å². The lowest BCUT2D eigenvalue weighted by atomic mass is 10.1. The van der Waals surface area contributed by atoms with E-state index >= 15 is 0 Å². The van der Waals surface area contributed by atoms with Gasteiger partial charge < -0.3 is 14.4 Å². The van der Waals surface area contributed by atoms with Gasteiger partial charge in [0.1, 0.15) is 5.69 Å². The summed E-state index contributed by atoms with van der Waals surface area (Å²) >= 11 is 0. The molecule has 2 rings (SSSR count). The second-order valence-electron chi connectivity index (χ2n) is 4.84. The second-order valence-corrected chi connectivity index (χ2v) is 4.84. The normalized spacial score (nSPS) is 10.5. The number of carboxylic acid groups (broad SMARTS) is 1. The monoisotopic (exact) mass is 302 g/mol. The third kappa shape index (κ3) is 3.52. The summed E-state index contributed by atoms with van der Waals surface area (Å²) in [5.74, 6) is -0.491. The van der Waals surface area contributed by atoms with E-state index in [1.807, 2.05) is 6.92 Å². The van der Waals surface area contributed by atoms with Crippen molar-refractivity contribution in [2.24, 2.45) is 0 Å². The molecule has 2 aromatic heterocycles. The van der Waals surface area contributed by atoms with E-state index in [2.05, 4.69) is 4.98 Å². The summed E-state index contributed by atoms with van der Waals surface area (Å²) in [6.45, 7) is 4.21. The van der Waals surface area contributed by atoms with Crippen molar-refractivity contribution in [3.63, 3.8) is 0 Å². The van der Waals surface area contributed by atoms with Crippen LogP contribution in [0.4, 0.5) is 0 Å². The molecule has 6 heteroatoms. The van der Waals surface area contributed by atoms with Crippen molar-refractivity contribution < 1.29 is 19.1 Å². The predicted molar refractivity (Wildman–Crippen MR) is 80.5 cm³/mol. The van der Waals surface area contributed by atoms with Gasteiger partial charge in [0.2, 0.25) is 0 Å². The minimum absolute atomic E-state index is 0.0729. The van der Waals surface area contributed by atoms with E-state index in [4.69, 9.17) is 9.52 Å². The van der Waals surface area contributed by atoms with Crippen molar-refractivity contribution in [1.29, 1.82) is 0 Å². The fraction of sp³-hybridized carbons (Fsp3) is 0.312. The van der Waals surface area contributed by atoms with E-state index in [0.29, 0.717) is 29.3 Å². The van der Waals surface area contributed by atoms with Gasteiger partial charge in [0.05, 0.1) is 23.9 Å². The summed E-state index contributed by atoms with van der Waals surface area (Å²) in [6.07, 6.45) is 1.49. The van der Waals surface area contributed by atoms with Crippen LogP contribution in [0.15, 0.2) is 34.9 Å². The topological polar surface area (TPSA) is 83.6 Å². The first-order chi connectivity index (χ1) is 10.5. The molecule has 0 saturated carbocycles. The average Bonchev–Trinajstić information content (AvgIpc) is 3.01. The van der Waals surface area contributed by atoms with Gasteiger partial charge in [0.25, 0.3) is 5.91 Å². The Morgan fingerprint density at radius 2 is 2.09 bits per heavy atom. The van der Waals surface area contributed by atoms with E-state index in [1.54, 1.807) is 37.5 Å². The largest absolute Gasteiger partial charge is 0.481 e. The third-order valence-electron chi connectivity index (χ3n) is 3.35. The third-order valence-corrected chi connectivity index (χ3v) is 3.35. The molecule has 0 unspecified atom stereocenters. The highest BCUT2D eigenvalue weighted by Gasteiger charge is 2.18. The molecule has 0 aliphatic rings. The fourth-order valence-electron chi connectivity index (χ4n) is 2.15. The van der Waals surface area contributed by atoms with E-state index in [9.17, 15) is 9.59 Å². The smallest absolute Gasteiger partial charge is 0.305 e. The maximum atomic E-state index is 12.5. The van der Waals surface area contributed by atoms with Gasteiger partial charge in [-0.3, -0.25) is 9.59 Å². The number of carbonyl (C=O) groups excluding carboxylic acids is 1. The van der Waals surface area contributed by atoms with E-state index in [0.717, 1.165) is 0 Å². The Kier molecular flexibility index (Phi) is 4.93. The fourth-order valence-corrected chi connectivity index (χ4v) is 2.15. The molecule has 0 fully saturated rings. The maximum Gasteiger partial charge on any atom is 0.305 e. The van der Waals surface area contributed by atoms with Crippen LogP contribution in [0.2, 0.25) is 0 Å². The quantitative estimate of drug-likeness (QED) is 0.886. The van der Waals surface area contributed by atoms with Gasteiger partial charge >= 0.3 is 5.97 Å². The lowest BCUT2D eigenvalue weighted by Gasteiger charge is -2.20. The molecule has 0 aliphatic carbocycles. The predicted octanol–water partition coefficient (Wildman–Crippen LogP) is 2.59. The summed E-state index contributed by atoms with van der Waals surface area (Å²) in [6, 6.07) is 7.00. The van der Waals surface area contributed by atoms with Gasteiger partial charge in [-0.05, 0) is 38.1 Å². The second kappa shape index (κ2) is 6.89. The van der Waals surface area contributed by atoms with Crippen molar-refractivity contribution in [1.82, 2.24) is 9.88 Å². The van der Waals surface area contributed by atoms with Gasteiger partial charge in [-0.15, -0.1) is 0 Å². The number of hydrogen-bond acceptors (Lipinski definition) is 4. The summed E-state index contributed by atoms with van der Waals surface area (Å²) < 4.78 is 5.29. The Morgan fingerprint density at radius 1 is 1.32 bits per heavy atom. The van der Waals surface area contributed by atoms with E-state index < -0.39 is 5.97 Å². The molecule has 1 amide bonds. The molecule has 0 radical (unpaired) electrons. The molecule has 6 nitrogen and oxygen atoms in total. The van der Waals surface area contributed by atoms with Gasteiger partial charge in [-0.1, -0.05) is 0 Å². The maximum absolute atomic E-state index is 12.5. The first-order valence-electron chi connectivity index (χ1n) is 7.05. The zero-order valence-corrected chi connectivity index (χ0v) is 12.6. The number of nitrogens with zero attached hydrogens (tertiary/aromatic N) is 2. The highest BCUT2D eigenvalue weighted by molar-refractivity contribution is 5.95. The average molecular weight is 302 g/mol. The van der Waals surface area contributed by atoms with Crippen LogP contribution in [0.5, 0.6) is 0 Å². The first kappa shape index (κ1) is 15.8. The Hall–Kier alpha value is -2.63.